The first-order valence-corrected chi connectivity index (χ1v) is 32.7. The van der Waals surface area contributed by atoms with E-state index in [2.05, 4.69) is 374 Å². The van der Waals surface area contributed by atoms with Crippen LogP contribution in [0.3, 0.4) is 0 Å². The number of fused-ring (bicyclic) bond motifs is 6. The van der Waals surface area contributed by atoms with Crippen LogP contribution < -0.4 is 9.80 Å². The lowest BCUT2D eigenvalue weighted by Gasteiger charge is -2.47. The molecule has 2 heterocycles. The molecule has 2 aliphatic rings. The minimum Gasteiger partial charge on any atom is -0.309 e. The van der Waals surface area contributed by atoms with Crippen LogP contribution in [0.1, 0.15) is 44.5 Å². The Kier molecular flexibility index (Phi) is 12.1. The number of para-hydroxylation sites is 6. The molecule has 17 aromatic carbocycles. The molecule has 17 aromatic rings. The van der Waals surface area contributed by atoms with Crippen molar-refractivity contribution in [2.75, 3.05) is 9.80 Å². The second-order valence-corrected chi connectivity index (χ2v) is 25.3. The fourth-order valence-electron chi connectivity index (χ4n) is 17.0. The normalized spacial score (nSPS) is 13.7. The lowest BCUT2D eigenvalue weighted by molar-refractivity contribution is 0.731. The van der Waals surface area contributed by atoms with Gasteiger partial charge in [0.05, 0.1) is 33.6 Å². The molecule has 0 bridgehead atoms. The number of hydrogen-bond acceptors (Lipinski definition) is 2. The Morgan fingerprint density at radius 2 is 0.543 bits per heavy atom. The third kappa shape index (κ3) is 7.66. The average Bonchev–Trinajstić information content (AvgIpc) is 0.698. The van der Waals surface area contributed by atoms with E-state index in [9.17, 15) is 0 Å². The number of benzene rings is 17. The molecule has 0 radical (unpaired) electrons. The van der Waals surface area contributed by atoms with E-state index >= 15 is 0 Å². The maximum Gasteiger partial charge on any atom is 0.0742 e. The Balaban J connectivity index is 0.977. The van der Waals surface area contributed by atoms with E-state index in [-0.39, 0.29) is 0 Å². The number of anilines is 6. The van der Waals surface area contributed by atoms with Crippen molar-refractivity contribution in [1.29, 1.82) is 0 Å². The molecule has 0 saturated heterocycles. The van der Waals surface area contributed by atoms with Crippen molar-refractivity contribution in [1.82, 2.24) is 0 Å². The fourth-order valence-corrected chi connectivity index (χ4v) is 17.0. The highest BCUT2D eigenvalue weighted by Gasteiger charge is 2.49. The van der Waals surface area contributed by atoms with Gasteiger partial charge in [-0.25, -0.2) is 0 Å². The van der Waals surface area contributed by atoms with Gasteiger partial charge in [-0.05, 0) is 169 Å². The van der Waals surface area contributed by atoms with Crippen molar-refractivity contribution in [2.45, 2.75) is 10.8 Å². The Labute approximate surface area is 547 Å². The molecule has 2 aliphatic heterocycles. The summed E-state index contributed by atoms with van der Waals surface area (Å²) in [6.45, 7) is 0. The minimum absolute atomic E-state index is 0.699. The van der Waals surface area contributed by atoms with E-state index in [0.29, 0.717) is 0 Å². The molecule has 0 fully saturated rings. The zero-order chi connectivity index (χ0) is 61.9. The van der Waals surface area contributed by atoms with E-state index < -0.39 is 10.8 Å². The number of hydrogen-bond donors (Lipinski definition) is 0. The summed E-state index contributed by atoms with van der Waals surface area (Å²) in [5.74, 6) is 0. The van der Waals surface area contributed by atoms with Crippen LogP contribution in [0.15, 0.2) is 364 Å². The molecular formula is C92H60N2. The second kappa shape index (κ2) is 21.2. The van der Waals surface area contributed by atoms with Gasteiger partial charge in [-0.15, -0.1) is 0 Å². The quantitative estimate of drug-likeness (QED) is 0.105. The lowest BCUT2D eigenvalue weighted by Crippen LogP contribution is -2.38. The summed E-state index contributed by atoms with van der Waals surface area (Å²) in [7, 11) is 0. The summed E-state index contributed by atoms with van der Waals surface area (Å²) in [4.78, 5) is 5.10. The number of rotatable bonds is 9. The van der Waals surface area contributed by atoms with E-state index in [1.54, 1.807) is 0 Å². The fraction of sp³-hybridized carbons (Fsp3) is 0.0217. The van der Waals surface area contributed by atoms with Crippen molar-refractivity contribution in [3.63, 3.8) is 0 Å². The molecule has 2 nitrogen and oxygen atoms in total. The number of nitrogens with zero attached hydrogens (tertiary/aromatic N) is 2. The molecule has 94 heavy (non-hydrogen) atoms. The summed E-state index contributed by atoms with van der Waals surface area (Å²) in [6, 6.07) is 137. The zero-order valence-corrected chi connectivity index (χ0v) is 51.5. The first-order chi connectivity index (χ1) is 46.7. The van der Waals surface area contributed by atoms with Gasteiger partial charge in [-0.1, -0.05) is 315 Å². The second-order valence-electron chi connectivity index (χ2n) is 25.3. The van der Waals surface area contributed by atoms with Gasteiger partial charge in [0.2, 0.25) is 0 Å². The van der Waals surface area contributed by atoms with E-state index in [4.69, 9.17) is 0 Å². The Bertz CT molecular complexity index is 5420. The van der Waals surface area contributed by atoms with Crippen LogP contribution in [0, 0.1) is 0 Å². The van der Waals surface area contributed by atoms with Gasteiger partial charge in [0.25, 0.3) is 0 Å². The first kappa shape index (κ1) is 53.7. The Hall–Kier alpha value is -12.1. The minimum atomic E-state index is -0.699. The molecule has 0 amide bonds. The highest BCUT2D eigenvalue weighted by Crippen LogP contribution is 2.63. The van der Waals surface area contributed by atoms with Gasteiger partial charge in [0, 0.05) is 22.5 Å². The molecule has 19 rings (SSSR count). The third-order valence-corrected chi connectivity index (χ3v) is 20.7. The van der Waals surface area contributed by atoms with Gasteiger partial charge in [-0.3, -0.25) is 0 Å². The predicted octanol–water partition coefficient (Wildman–Crippen LogP) is 24.2. The van der Waals surface area contributed by atoms with Gasteiger partial charge in [0.1, 0.15) is 0 Å². The van der Waals surface area contributed by atoms with Crippen LogP contribution in [0.5, 0.6) is 0 Å². The molecule has 0 aliphatic carbocycles. The van der Waals surface area contributed by atoms with Crippen molar-refractivity contribution in [2.24, 2.45) is 0 Å². The van der Waals surface area contributed by atoms with Crippen molar-refractivity contribution in [3.8, 4) is 33.4 Å². The van der Waals surface area contributed by atoms with Gasteiger partial charge in [-0.2, -0.15) is 0 Å². The Morgan fingerprint density at radius 1 is 0.202 bits per heavy atom. The average molecular weight is 1190 g/mol. The topological polar surface area (TPSA) is 6.48 Å². The maximum atomic E-state index is 2.56. The lowest BCUT2D eigenvalue weighted by atomic mass is 9.62. The zero-order valence-electron chi connectivity index (χ0n) is 51.5. The summed E-state index contributed by atoms with van der Waals surface area (Å²) < 4.78 is 0. The molecule has 0 saturated carbocycles. The van der Waals surface area contributed by atoms with E-state index in [1.165, 1.54) is 109 Å². The molecule has 438 valence electrons. The van der Waals surface area contributed by atoms with Crippen molar-refractivity contribution >= 4 is 88.0 Å². The highest BCUT2D eigenvalue weighted by atomic mass is 15.2. The summed E-state index contributed by atoms with van der Waals surface area (Å²) >= 11 is 0. The molecule has 0 aromatic heterocycles. The molecule has 0 spiro atoms. The Morgan fingerprint density at radius 3 is 1.00 bits per heavy atom. The smallest absolute Gasteiger partial charge is 0.0742 e. The monoisotopic (exact) mass is 1190 g/mol. The standard InChI is InChI=1S/C92H60N2/c1-7-32-64(33-8-1)91(65-34-9-2-10-35-65)80-51-19-21-55-84(80)93(68-40-15-5-16-41-68)89-75(49-27-53-82(89)91)70-44-25-47-72-77(70)60-78-71(45-26-48-73(78)88(72)79-59-63-31-23-29-61-57-58-62-30-24-46-74(79)87(62)86(61)63)76-50-28-54-83-90(76)94(69-42-17-6-18-43-69)85-56-22-20-52-81(85)92(83,66-36-11-3-12-37-66)67-38-13-4-14-39-67/h1-60H. The van der Waals surface area contributed by atoms with Crippen LogP contribution in [0.4, 0.5) is 34.1 Å². The SMILES string of the molecule is c1ccc(N2c3ccccc3C(c3ccccc3)(c3ccccc3)c3cccc(-c4cccc5c(-c6cc7cccc8ccc9cccc6c9c87)c6cccc(-c7cccc8c7N(c7ccccc7)c7ccccc7C8(c7ccccc7)c7ccccc7)c6cc45)c32)cc1. The van der Waals surface area contributed by atoms with E-state index in [0.717, 1.165) is 56.4 Å². The maximum absolute atomic E-state index is 2.56. The van der Waals surface area contributed by atoms with Crippen LogP contribution >= 0.6 is 0 Å². The summed E-state index contributed by atoms with van der Waals surface area (Å²) in [6.07, 6.45) is 0. The molecule has 0 N–H and O–H groups in total. The van der Waals surface area contributed by atoms with Crippen LogP contribution in [0.2, 0.25) is 0 Å². The van der Waals surface area contributed by atoms with Gasteiger partial charge in [0.15, 0.2) is 0 Å². The summed E-state index contributed by atoms with van der Waals surface area (Å²) in [5, 5.41) is 12.3. The van der Waals surface area contributed by atoms with E-state index in [1.807, 2.05) is 0 Å². The molecule has 2 heteroatoms. The molecule has 0 atom stereocenters. The highest BCUT2D eigenvalue weighted by molar-refractivity contribution is 6.30. The van der Waals surface area contributed by atoms with Crippen LogP contribution in [-0.4, -0.2) is 0 Å². The van der Waals surface area contributed by atoms with Crippen molar-refractivity contribution < 1.29 is 0 Å². The third-order valence-electron chi connectivity index (χ3n) is 20.7. The summed E-state index contributed by atoms with van der Waals surface area (Å²) in [5.41, 5.74) is 22.2. The molecular weight excluding hydrogens is 1130 g/mol. The first-order valence-electron chi connectivity index (χ1n) is 32.7. The van der Waals surface area contributed by atoms with Gasteiger partial charge >= 0.3 is 0 Å². The van der Waals surface area contributed by atoms with Crippen LogP contribution in [-0.2, 0) is 10.8 Å². The predicted molar refractivity (Wildman–Crippen MR) is 395 cm³/mol. The van der Waals surface area contributed by atoms with Gasteiger partial charge < -0.3 is 9.80 Å². The molecule has 0 unspecified atom stereocenters. The largest absolute Gasteiger partial charge is 0.309 e. The van der Waals surface area contributed by atoms with Crippen LogP contribution in [0.25, 0.3) is 87.2 Å². The van der Waals surface area contributed by atoms with Crippen molar-refractivity contribution in [3.05, 3.63) is 408 Å².